The van der Waals surface area contributed by atoms with Crippen LogP contribution in [0.25, 0.3) is 0 Å². The van der Waals surface area contributed by atoms with E-state index in [1.807, 2.05) is 0 Å². The standard InChI is InChI=1S/C15H28ClNO/c1-4-13(16)7-10-17-14(18)15(11-12(2)3)8-5-6-9-15/h12-13H,4-11H2,1-3H3,(H,17,18). The second kappa shape index (κ2) is 7.37. The molecule has 0 heterocycles. The summed E-state index contributed by atoms with van der Waals surface area (Å²) in [6, 6.07) is 0. The molecule has 1 aliphatic carbocycles. The van der Waals surface area contributed by atoms with Gasteiger partial charge in [-0.15, -0.1) is 11.6 Å². The number of nitrogens with one attached hydrogen (secondary N) is 1. The number of alkyl halides is 1. The normalized spacial score (nSPS) is 20.1. The van der Waals surface area contributed by atoms with Gasteiger partial charge in [-0.2, -0.15) is 0 Å². The van der Waals surface area contributed by atoms with Gasteiger partial charge in [-0.05, 0) is 38.0 Å². The fourth-order valence-corrected chi connectivity index (χ4v) is 3.20. The quantitative estimate of drug-likeness (QED) is 0.695. The van der Waals surface area contributed by atoms with Crippen molar-refractivity contribution in [3.05, 3.63) is 0 Å². The van der Waals surface area contributed by atoms with Gasteiger partial charge in [0, 0.05) is 17.3 Å². The Morgan fingerprint density at radius 3 is 2.44 bits per heavy atom. The highest BCUT2D eigenvalue weighted by molar-refractivity contribution is 6.20. The molecular weight excluding hydrogens is 246 g/mol. The Labute approximate surface area is 117 Å². The minimum absolute atomic E-state index is 0.0812. The molecule has 3 heteroatoms. The Kier molecular flexibility index (Phi) is 6.48. The van der Waals surface area contributed by atoms with Crippen molar-refractivity contribution in [2.24, 2.45) is 11.3 Å². The van der Waals surface area contributed by atoms with Gasteiger partial charge >= 0.3 is 0 Å². The topological polar surface area (TPSA) is 29.1 Å². The van der Waals surface area contributed by atoms with Gasteiger partial charge in [0.15, 0.2) is 0 Å². The lowest BCUT2D eigenvalue weighted by Gasteiger charge is -2.29. The molecule has 1 amide bonds. The fraction of sp³-hybridized carbons (Fsp3) is 0.933. The summed E-state index contributed by atoms with van der Waals surface area (Å²) in [5.74, 6) is 0.860. The minimum Gasteiger partial charge on any atom is -0.356 e. The maximum absolute atomic E-state index is 12.4. The van der Waals surface area contributed by atoms with Crippen LogP contribution in [0, 0.1) is 11.3 Å². The molecule has 0 aromatic carbocycles. The van der Waals surface area contributed by atoms with Crippen LogP contribution in [0.3, 0.4) is 0 Å². The Balaban J connectivity index is 2.45. The Hall–Kier alpha value is -0.240. The van der Waals surface area contributed by atoms with Gasteiger partial charge in [0.25, 0.3) is 0 Å². The van der Waals surface area contributed by atoms with Crippen LogP contribution in [0.2, 0.25) is 0 Å². The zero-order valence-electron chi connectivity index (χ0n) is 12.1. The monoisotopic (exact) mass is 273 g/mol. The predicted octanol–water partition coefficient (Wildman–Crippen LogP) is 4.12. The van der Waals surface area contributed by atoms with Gasteiger partial charge in [0.1, 0.15) is 0 Å². The van der Waals surface area contributed by atoms with Crippen LogP contribution in [0.15, 0.2) is 0 Å². The van der Waals surface area contributed by atoms with E-state index in [4.69, 9.17) is 11.6 Å². The first kappa shape index (κ1) is 15.8. The fourth-order valence-electron chi connectivity index (χ4n) is 3.09. The highest BCUT2D eigenvalue weighted by atomic mass is 35.5. The van der Waals surface area contributed by atoms with Crippen LogP contribution in [0.5, 0.6) is 0 Å². The van der Waals surface area contributed by atoms with Crippen molar-refractivity contribution in [3.8, 4) is 0 Å². The van der Waals surface area contributed by atoms with E-state index in [1.165, 1.54) is 12.8 Å². The number of rotatable bonds is 7. The van der Waals surface area contributed by atoms with Crippen molar-refractivity contribution in [1.29, 1.82) is 0 Å². The van der Waals surface area contributed by atoms with Gasteiger partial charge in [-0.25, -0.2) is 0 Å². The molecule has 1 saturated carbocycles. The summed E-state index contributed by atoms with van der Waals surface area (Å²) in [6.07, 6.45) is 7.40. The van der Waals surface area contributed by atoms with Crippen molar-refractivity contribution in [2.75, 3.05) is 6.54 Å². The van der Waals surface area contributed by atoms with Gasteiger partial charge < -0.3 is 5.32 Å². The molecule has 1 unspecified atom stereocenters. The highest BCUT2D eigenvalue weighted by Crippen LogP contribution is 2.43. The van der Waals surface area contributed by atoms with E-state index >= 15 is 0 Å². The number of hydrogen-bond donors (Lipinski definition) is 1. The van der Waals surface area contributed by atoms with Gasteiger partial charge in [-0.1, -0.05) is 33.6 Å². The second-order valence-corrected chi connectivity index (χ2v) is 6.75. The minimum atomic E-state index is -0.0812. The van der Waals surface area contributed by atoms with E-state index in [0.29, 0.717) is 5.92 Å². The lowest BCUT2D eigenvalue weighted by molar-refractivity contribution is -0.131. The third-order valence-electron chi connectivity index (χ3n) is 4.03. The van der Waals surface area contributed by atoms with E-state index in [2.05, 4.69) is 26.1 Å². The number of carbonyl (C=O) groups is 1. The maximum atomic E-state index is 12.4. The summed E-state index contributed by atoms with van der Waals surface area (Å²) in [6.45, 7) is 7.22. The van der Waals surface area contributed by atoms with Crippen LogP contribution < -0.4 is 5.32 Å². The molecule has 0 aliphatic heterocycles. The van der Waals surface area contributed by atoms with Gasteiger partial charge in [-0.3, -0.25) is 4.79 Å². The first-order valence-electron chi connectivity index (χ1n) is 7.42. The molecule has 0 spiro atoms. The van der Waals surface area contributed by atoms with E-state index in [1.54, 1.807) is 0 Å². The zero-order valence-corrected chi connectivity index (χ0v) is 12.9. The summed E-state index contributed by atoms with van der Waals surface area (Å²) in [5, 5.41) is 3.30. The lowest BCUT2D eigenvalue weighted by atomic mass is 9.77. The molecule has 0 radical (unpaired) electrons. The molecule has 18 heavy (non-hydrogen) atoms. The Morgan fingerprint density at radius 2 is 1.94 bits per heavy atom. The second-order valence-electron chi connectivity index (χ2n) is 6.14. The van der Waals surface area contributed by atoms with Crippen molar-refractivity contribution in [2.45, 2.75) is 71.1 Å². The molecule has 106 valence electrons. The van der Waals surface area contributed by atoms with Crippen molar-refractivity contribution < 1.29 is 4.79 Å². The average molecular weight is 274 g/mol. The first-order chi connectivity index (χ1) is 8.50. The van der Waals surface area contributed by atoms with Crippen LogP contribution in [-0.2, 0) is 4.79 Å². The van der Waals surface area contributed by atoms with Gasteiger partial charge in [0.05, 0.1) is 0 Å². The Morgan fingerprint density at radius 1 is 1.33 bits per heavy atom. The first-order valence-corrected chi connectivity index (χ1v) is 7.86. The molecule has 1 aliphatic rings. The number of carbonyl (C=O) groups excluding carboxylic acids is 1. The highest BCUT2D eigenvalue weighted by Gasteiger charge is 2.40. The molecule has 0 saturated heterocycles. The summed E-state index contributed by atoms with van der Waals surface area (Å²) in [5.41, 5.74) is -0.0812. The number of hydrogen-bond acceptors (Lipinski definition) is 1. The summed E-state index contributed by atoms with van der Waals surface area (Å²) < 4.78 is 0. The van der Waals surface area contributed by atoms with Crippen molar-refractivity contribution in [3.63, 3.8) is 0 Å². The maximum Gasteiger partial charge on any atom is 0.226 e. The molecule has 2 nitrogen and oxygen atoms in total. The lowest BCUT2D eigenvalue weighted by Crippen LogP contribution is -2.41. The molecule has 1 rings (SSSR count). The largest absolute Gasteiger partial charge is 0.356 e. The summed E-state index contributed by atoms with van der Waals surface area (Å²) >= 11 is 6.08. The van der Waals surface area contributed by atoms with Gasteiger partial charge in [0.2, 0.25) is 5.91 Å². The van der Waals surface area contributed by atoms with Crippen LogP contribution >= 0.6 is 11.6 Å². The zero-order chi connectivity index (χ0) is 13.6. The molecule has 0 aromatic rings. The summed E-state index contributed by atoms with van der Waals surface area (Å²) in [4.78, 5) is 12.4. The molecule has 1 fully saturated rings. The van der Waals surface area contributed by atoms with Crippen molar-refractivity contribution >= 4 is 17.5 Å². The predicted molar refractivity (Wildman–Crippen MR) is 77.9 cm³/mol. The van der Waals surface area contributed by atoms with Crippen LogP contribution in [-0.4, -0.2) is 17.8 Å². The third kappa shape index (κ3) is 4.46. The molecular formula is C15H28ClNO. The third-order valence-corrected chi connectivity index (χ3v) is 4.55. The average Bonchev–Trinajstić information content (AvgIpc) is 2.77. The van der Waals surface area contributed by atoms with Crippen LogP contribution in [0.4, 0.5) is 0 Å². The smallest absolute Gasteiger partial charge is 0.226 e. The molecule has 0 bridgehead atoms. The SMILES string of the molecule is CCC(Cl)CCNC(=O)C1(CC(C)C)CCCC1. The van der Waals surface area contributed by atoms with E-state index in [0.717, 1.165) is 38.6 Å². The van der Waals surface area contributed by atoms with E-state index < -0.39 is 0 Å². The summed E-state index contributed by atoms with van der Waals surface area (Å²) in [7, 11) is 0. The molecule has 1 atom stereocenters. The molecule has 0 aromatic heterocycles. The van der Waals surface area contributed by atoms with Crippen LogP contribution in [0.1, 0.15) is 65.7 Å². The number of amides is 1. The molecule has 1 N–H and O–H groups in total. The van der Waals surface area contributed by atoms with E-state index in [-0.39, 0.29) is 16.7 Å². The van der Waals surface area contributed by atoms with E-state index in [9.17, 15) is 4.79 Å². The number of halogens is 1. The Bertz CT molecular complexity index is 259. The van der Waals surface area contributed by atoms with Crippen molar-refractivity contribution in [1.82, 2.24) is 5.32 Å².